The summed E-state index contributed by atoms with van der Waals surface area (Å²) in [6, 6.07) is 0. The van der Waals surface area contributed by atoms with Gasteiger partial charge in [-0.1, -0.05) is 20.3 Å². The molecule has 0 fully saturated rings. The summed E-state index contributed by atoms with van der Waals surface area (Å²) in [7, 11) is 0. The summed E-state index contributed by atoms with van der Waals surface area (Å²) in [5, 5.41) is 3.56. The summed E-state index contributed by atoms with van der Waals surface area (Å²) in [5.74, 6) is 0.753. The molecule has 0 aromatic heterocycles. The van der Waals surface area contributed by atoms with Crippen LogP contribution in [0.15, 0.2) is 0 Å². The molecule has 0 bridgehead atoms. The van der Waals surface area contributed by atoms with Crippen molar-refractivity contribution in [3.05, 3.63) is 0 Å². The first-order valence-electron chi connectivity index (χ1n) is 4.99. The second-order valence-corrected chi connectivity index (χ2v) is 4.01. The molecule has 74 valence electrons. The van der Waals surface area contributed by atoms with Gasteiger partial charge in [0.1, 0.15) is 0 Å². The molecular weight excluding hydrogens is 170 g/mol. The Morgan fingerprint density at radius 2 is 2.00 bits per heavy atom. The van der Waals surface area contributed by atoms with E-state index in [4.69, 9.17) is 11.6 Å². The molecule has 0 saturated carbocycles. The lowest BCUT2D eigenvalue weighted by Gasteiger charge is -2.29. The molecule has 12 heavy (non-hydrogen) atoms. The molecule has 0 aliphatic rings. The van der Waals surface area contributed by atoms with Crippen molar-refractivity contribution in [2.75, 3.05) is 12.4 Å². The number of alkyl halides is 1. The first-order chi connectivity index (χ1) is 5.68. The maximum atomic E-state index is 5.74. The molecule has 0 saturated heterocycles. The zero-order valence-corrected chi connectivity index (χ0v) is 9.38. The molecule has 0 amide bonds. The molecule has 1 unspecified atom stereocenters. The van der Waals surface area contributed by atoms with Gasteiger partial charge in [-0.3, -0.25) is 0 Å². The zero-order valence-electron chi connectivity index (χ0n) is 8.62. The fourth-order valence-electron chi connectivity index (χ4n) is 1.17. The minimum Gasteiger partial charge on any atom is -0.311 e. The first-order valence-corrected chi connectivity index (χ1v) is 5.53. The Balaban J connectivity index is 3.63. The number of hydrogen-bond acceptors (Lipinski definition) is 1. The van der Waals surface area contributed by atoms with Crippen LogP contribution in [-0.4, -0.2) is 18.0 Å². The number of unbranched alkanes of at least 4 members (excludes halogenated alkanes) is 1. The summed E-state index contributed by atoms with van der Waals surface area (Å²) in [4.78, 5) is 0. The number of halogens is 1. The third-order valence-electron chi connectivity index (χ3n) is 2.51. The number of nitrogens with one attached hydrogen (secondary N) is 1. The number of rotatable bonds is 7. The van der Waals surface area contributed by atoms with Crippen LogP contribution in [0.3, 0.4) is 0 Å². The summed E-state index contributed by atoms with van der Waals surface area (Å²) >= 11 is 5.74. The van der Waals surface area contributed by atoms with Crippen molar-refractivity contribution in [1.29, 1.82) is 0 Å². The number of hydrogen-bond donors (Lipinski definition) is 1. The van der Waals surface area contributed by atoms with E-state index in [0.29, 0.717) is 0 Å². The van der Waals surface area contributed by atoms with Crippen LogP contribution in [0.4, 0.5) is 0 Å². The standard InChI is InChI=1S/C10H22ClN/c1-4-6-9-12-10(3,5-2)7-8-11/h12H,4-9H2,1-3H3. The van der Waals surface area contributed by atoms with Gasteiger partial charge in [-0.25, -0.2) is 0 Å². The second kappa shape index (κ2) is 6.73. The Bertz CT molecular complexity index is 106. The Morgan fingerprint density at radius 3 is 2.42 bits per heavy atom. The molecule has 0 aromatic rings. The predicted molar refractivity (Wildman–Crippen MR) is 56.9 cm³/mol. The van der Waals surface area contributed by atoms with Crippen LogP contribution in [0.25, 0.3) is 0 Å². The van der Waals surface area contributed by atoms with Crippen molar-refractivity contribution >= 4 is 11.6 Å². The van der Waals surface area contributed by atoms with Crippen LogP contribution in [0.1, 0.15) is 46.5 Å². The fraction of sp³-hybridized carbons (Fsp3) is 1.00. The van der Waals surface area contributed by atoms with Crippen LogP contribution in [0.5, 0.6) is 0 Å². The summed E-state index contributed by atoms with van der Waals surface area (Å²) in [5.41, 5.74) is 0.261. The SMILES string of the molecule is CCCCNC(C)(CC)CCCl. The molecule has 0 heterocycles. The predicted octanol–water partition coefficient (Wildman–Crippen LogP) is 3.17. The second-order valence-electron chi connectivity index (χ2n) is 3.63. The van der Waals surface area contributed by atoms with Crippen LogP contribution in [0.2, 0.25) is 0 Å². The Morgan fingerprint density at radius 1 is 1.33 bits per heavy atom. The summed E-state index contributed by atoms with van der Waals surface area (Å²) in [6.45, 7) is 7.81. The van der Waals surface area contributed by atoms with Gasteiger partial charge in [0.15, 0.2) is 0 Å². The molecule has 0 aromatic carbocycles. The van der Waals surface area contributed by atoms with E-state index in [-0.39, 0.29) is 5.54 Å². The Labute approximate surface area is 81.9 Å². The zero-order chi connectivity index (χ0) is 9.45. The van der Waals surface area contributed by atoms with Crippen molar-refractivity contribution in [2.24, 2.45) is 0 Å². The van der Waals surface area contributed by atoms with Crippen molar-refractivity contribution in [3.63, 3.8) is 0 Å². The van der Waals surface area contributed by atoms with Gasteiger partial charge in [-0.05, 0) is 32.7 Å². The van der Waals surface area contributed by atoms with Gasteiger partial charge in [-0.2, -0.15) is 0 Å². The van der Waals surface area contributed by atoms with Gasteiger partial charge < -0.3 is 5.32 Å². The normalized spacial score (nSPS) is 16.0. The molecule has 0 radical (unpaired) electrons. The van der Waals surface area contributed by atoms with E-state index in [0.717, 1.165) is 25.3 Å². The molecule has 2 heteroatoms. The van der Waals surface area contributed by atoms with Crippen LogP contribution < -0.4 is 5.32 Å². The minimum absolute atomic E-state index is 0.261. The largest absolute Gasteiger partial charge is 0.311 e. The quantitative estimate of drug-likeness (QED) is 0.482. The Kier molecular flexibility index (Phi) is 6.87. The van der Waals surface area contributed by atoms with E-state index in [1.54, 1.807) is 0 Å². The van der Waals surface area contributed by atoms with Gasteiger partial charge in [0, 0.05) is 11.4 Å². The highest BCUT2D eigenvalue weighted by molar-refractivity contribution is 6.17. The smallest absolute Gasteiger partial charge is 0.0240 e. The average molecular weight is 192 g/mol. The molecule has 0 aliphatic carbocycles. The van der Waals surface area contributed by atoms with E-state index >= 15 is 0 Å². The highest BCUT2D eigenvalue weighted by atomic mass is 35.5. The van der Waals surface area contributed by atoms with Gasteiger partial charge in [-0.15, -0.1) is 11.6 Å². The van der Waals surface area contributed by atoms with Crippen molar-refractivity contribution in [3.8, 4) is 0 Å². The lowest BCUT2D eigenvalue weighted by molar-refractivity contribution is 0.331. The maximum Gasteiger partial charge on any atom is 0.0240 e. The monoisotopic (exact) mass is 191 g/mol. The fourth-order valence-corrected chi connectivity index (χ4v) is 1.58. The van der Waals surface area contributed by atoms with E-state index in [1.807, 2.05) is 0 Å². The highest BCUT2D eigenvalue weighted by Crippen LogP contribution is 2.14. The first kappa shape index (κ1) is 12.2. The van der Waals surface area contributed by atoms with E-state index in [2.05, 4.69) is 26.1 Å². The van der Waals surface area contributed by atoms with Crippen molar-refractivity contribution in [2.45, 2.75) is 52.0 Å². The Hall–Kier alpha value is 0.250. The van der Waals surface area contributed by atoms with Crippen LogP contribution >= 0.6 is 11.6 Å². The van der Waals surface area contributed by atoms with Gasteiger partial charge in [0.2, 0.25) is 0 Å². The van der Waals surface area contributed by atoms with Gasteiger partial charge in [0.05, 0.1) is 0 Å². The third-order valence-corrected chi connectivity index (χ3v) is 2.70. The molecular formula is C10H22ClN. The molecule has 0 rings (SSSR count). The minimum atomic E-state index is 0.261. The lowest BCUT2D eigenvalue weighted by Crippen LogP contribution is -2.42. The van der Waals surface area contributed by atoms with Crippen molar-refractivity contribution in [1.82, 2.24) is 5.32 Å². The van der Waals surface area contributed by atoms with Gasteiger partial charge >= 0.3 is 0 Å². The molecule has 0 aliphatic heterocycles. The molecule has 1 atom stereocenters. The highest BCUT2D eigenvalue weighted by Gasteiger charge is 2.19. The van der Waals surface area contributed by atoms with Crippen molar-refractivity contribution < 1.29 is 0 Å². The molecule has 1 N–H and O–H groups in total. The van der Waals surface area contributed by atoms with Gasteiger partial charge in [0.25, 0.3) is 0 Å². The van der Waals surface area contributed by atoms with Crippen LogP contribution in [0, 0.1) is 0 Å². The summed E-state index contributed by atoms with van der Waals surface area (Å²) < 4.78 is 0. The maximum absolute atomic E-state index is 5.74. The third kappa shape index (κ3) is 5.00. The van der Waals surface area contributed by atoms with Crippen LogP contribution in [-0.2, 0) is 0 Å². The van der Waals surface area contributed by atoms with E-state index in [1.165, 1.54) is 12.8 Å². The lowest BCUT2D eigenvalue weighted by atomic mass is 9.95. The topological polar surface area (TPSA) is 12.0 Å². The molecule has 1 nitrogen and oxygen atoms in total. The van der Waals surface area contributed by atoms with E-state index in [9.17, 15) is 0 Å². The summed E-state index contributed by atoms with van der Waals surface area (Å²) in [6.07, 6.45) is 4.74. The average Bonchev–Trinajstić information content (AvgIpc) is 2.06. The molecule has 0 spiro atoms. The van der Waals surface area contributed by atoms with E-state index < -0.39 is 0 Å².